The van der Waals surface area contributed by atoms with Gasteiger partial charge in [0.2, 0.25) is 0 Å². The summed E-state index contributed by atoms with van der Waals surface area (Å²) >= 11 is 1.57. The van der Waals surface area contributed by atoms with E-state index < -0.39 is 16.7 Å². The number of hydrogen-bond acceptors (Lipinski definition) is 5. The molecule has 0 radical (unpaired) electrons. The molecule has 112 valence electrons. The van der Waals surface area contributed by atoms with E-state index in [-0.39, 0.29) is 11.8 Å². The van der Waals surface area contributed by atoms with Gasteiger partial charge in [0.1, 0.15) is 4.92 Å². The minimum Gasteiger partial charge on any atom is -0.395 e. The van der Waals surface area contributed by atoms with Gasteiger partial charge < -0.3 is 9.73 Å². The van der Waals surface area contributed by atoms with E-state index in [0.717, 1.165) is 11.3 Å². The fraction of sp³-hybridized carbons (Fsp3) is 0.357. The molecule has 0 aliphatic rings. The second-order valence-corrected chi connectivity index (χ2v) is 6.05. The topological polar surface area (TPSA) is 85.4 Å². The Morgan fingerprint density at radius 1 is 1.43 bits per heavy atom. The molecule has 0 spiro atoms. The number of thiophene rings is 1. The molecule has 0 saturated carbocycles. The van der Waals surface area contributed by atoms with Crippen molar-refractivity contribution in [2.45, 2.75) is 26.3 Å². The van der Waals surface area contributed by atoms with Crippen molar-refractivity contribution in [2.75, 3.05) is 0 Å². The maximum absolute atomic E-state index is 12.1. The summed E-state index contributed by atoms with van der Waals surface area (Å²) in [5, 5.41) is 15.4. The summed E-state index contributed by atoms with van der Waals surface area (Å²) in [6, 6.07) is 6.26. The van der Waals surface area contributed by atoms with Crippen LogP contribution in [0.15, 0.2) is 34.1 Å². The highest BCUT2D eigenvalue weighted by Crippen LogP contribution is 2.26. The second-order valence-electron chi connectivity index (χ2n) is 5.07. The van der Waals surface area contributed by atoms with Gasteiger partial charge in [0.25, 0.3) is 5.91 Å². The van der Waals surface area contributed by atoms with Crippen molar-refractivity contribution in [3.8, 4) is 0 Å². The van der Waals surface area contributed by atoms with Gasteiger partial charge in [-0.15, -0.1) is 11.3 Å². The fourth-order valence-corrected chi connectivity index (χ4v) is 2.78. The molecule has 2 heterocycles. The molecule has 0 aliphatic heterocycles. The van der Waals surface area contributed by atoms with Crippen LogP contribution in [0.1, 0.15) is 41.7 Å². The molecule has 1 N–H and O–H groups in total. The van der Waals surface area contributed by atoms with E-state index in [9.17, 15) is 14.9 Å². The minimum atomic E-state index is -0.665. The number of nitrogens with one attached hydrogen (secondary N) is 1. The number of rotatable bonds is 6. The van der Waals surface area contributed by atoms with Gasteiger partial charge in [0.15, 0.2) is 5.76 Å². The smallest absolute Gasteiger partial charge is 0.395 e. The van der Waals surface area contributed by atoms with Crippen molar-refractivity contribution in [3.05, 3.63) is 50.4 Å². The lowest BCUT2D eigenvalue weighted by atomic mass is 10.0. The Kier molecular flexibility index (Phi) is 4.74. The summed E-state index contributed by atoms with van der Waals surface area (Å²) < 4.78 is 4.92. The Labute approximate surface area is 125 Å². The summed E-state index contributed by atoms with van der Waals surface area (Å²) in [6.45, 7) is 4.15. The van der Waals surface area contributed by atoms with E-state index in [1.165, 1.54) is 12.1 Å². The maximum atomic E-state index is 12.1. The van der Waals surface area contributed by atoms with E-state index in [1.54, 1.807) is 11.3 Å². The predicted molar refractivity (Wildman–Crippen MR) is 79.3 cm³/mol. The zero-order valence-corrected chi connectivity index (χ0v) is 12.6. The molecule has 2 aromatic heterocycles. The number of nitrogens with zero attached hydrogens (tertiary/aromatic N) is 1. The van der Waals surface area contributed by atoms with Crippen LogP contribution in [0.2, 0.25) is 0 Å². The Morgan fingerprint density at radius 3 is 2.71 bits per heavy atom. The standard InChI is InChI=1S/C14H16N2O4S/c1-9(2)8-10(12-4-3-7-21-12)15-14(17)11-5-6-13(20-11)16(18)19/h3-7,9-10H,8H2,1-2H3,(H,15,17). The van der Waals surface area contributed by atoms with Crippen LogP contribution in [-0.4, -0.2) is 10.8 Å². The third kappa shape index (κ3) is 3.91. The maximum Gasteiger partial charge on any atom is 0.433 e. The van der Waals surface area contributed by atoms with Crippen molar-refractivity contribution in [3.63, 3.8) is 0 Å². The van der Waals surface area contributed by atoms with Crippen LogP contribution in [0.4, 0.5) is 5.88 Å². The van der Waals surface area contributed by atoms with Gasteiger partial charge in [0, 0.05) is 4.88 Å². The molecule has 1 unspecified atom stereocenters. The summed E-state index contributed by atoms with van der Waals surface area (Å²) in [5.74, 6) is -0.519. The Hall–Kier alpha value is -2.15. The van der Waals surface area contributed by atoms with Gasteiger partial charge in [0.05, 0.1) is 12.1 Å². The molecule has 1 amide bonds. The second kappa shape index (κ2) is 6.53. The Morgan fingerprint density at radius 2 is 2.19 bits per heavy atom. The van der Waals surface area contributed by atoms with Gasteiger partial charge in [-0.3, -0.25) is 14.9 Å². The molecular weight excluding hydrogens is 292 g/mol. The quantitative estimate of drug-likeness (QED) is 0.650. The van der Waals surface area contributed by atoms with E-state index in [2.05, 4.69) is 19.2 Å². The zero-order chi connectivity index (χ0) is 15.4. The average Bonchev–Trinajstić information content (AvgIpc) is 3.09. The van der Waals surface area contributed by atoms with Crippen LogP contribution in [0.25, 0.3) is 0 Å². The Balaban J connectivity index is 2.12. The first-order chi connectivity index (χ1) is 9.97. The lowest BCUT2D eigenvalue weighted by molar-refractivity contribution is -0.402. The van der Waals surface area contributed by atoms with Crippen molar-refractivity contribution in [2.24, 2.45) is 5.92 Å². The molecule has 2 aromatic rings. The highest BCUT2D eigenvalue weighted by Gasteiger charge is 2.22. The first-order valence-electron chi connectivity index (χ1n) is 6.56. The van der Waals surface area contributed by atoms with Crippen molar-refractivity contribution in [1.29, 1.82) is 0 Å². The molecule has 2 rings (SSSR count). The molecular formula is C14H16N2O4S. The third-order valence-corrected chi connectivity index (χ3v) is 3.88. The number of furan rings is 1. The molecule has 21 heavy (non-hydrogen) atoms. The largest absolute Gasteiger partial charge is 0.433 e. The third-order valence-electron chi connectivity index (χ3n) is 2.89. The zero-order valence-electron chi connectivity index (χ0n) is 11.7. The predicted octanol–water partition coefficient (Wildman–Crippen LogP) is 3.77. The number of nitro groups is 1. The van der Waals surface area contributed by atoms with Gasteiger partial charge >= 0.3 is 5.88 Å². The van der Waals surface area contributed by atoms with E-state index in [4.69, 9.17) is 4.42 Å². The van der Waals surface area contributed by atoms with Crippen LogP contribution >= 0.6 is 11.3 Å². The van der Waals surface area contributed by atoms with Crippen molar-refractivity contribution >= 4 is 23.1 Å². The van der Waals surface area contributed by atoms with Crippen LogP contribution in [0, 0.1) is 16.0 Å². The number of carbonyl (C=O) groups excluding carboxylic acids is 1. The summed E-state index contributed by atoms with van der Waals surface area (Å²) in [6.07, 6.45) is 0.787. The van der Waals surface area contributed by atoms with Gasteiger partial charge in [-0.05, 0) is 29.9 Å². The van der Waals surface area contributed by atoms with Crippen LogP contribution in [-0.2, 0) is 0 Å². The lowest BCUT2D eigenvalue weighted by Gasteiger charge is -2.18. The molecule has 0 aromatic carbocycles. The normalized spacial score (nSPS) is 12.3. The number of carbonyl (C=O) groups is 1. The van der Waals surface area contributed by atoms with E-state index in [1.807, 2.05) is 17.5 Å². The first kappa shape index (κ1) is 15.2. The van der Waals surface area contributed by atoms with Crippen LogP contribution < -0.4 is 5.32 Å². The minimum absolute atomic E-state index is 0.0491. The molecule has 1 atom stereocenters. The van der Waals surface area contributed by atoms with Crippen LogP contribution in [0.5, 0.6) is 0 Å². The van der Waals surface area contributed by atoms with E-state index in [0.29, 0.717) is 5.92 Å². The van der Waals surface area contributed by atoms with Crippen molar-refractivity contribution in [1.82, 2.24) is 5.32 Å². The van der Waals surface area contributed by atoms with Gasteiger partial charge in [-0.1, -0.05) is 19.9 Å². The summed E-state index contributed by atoms with van der Waals surface area (Å²) in [4.78, 5) is 23.1. The molecule has 7 heteroatoms. The van der Waals surface area contributed by atoms with E-state index >= 15 is 0 Å². The average molecular weight is 308 g/mol. The molecule has 0 saturated heterocycles. The van der Waals surface area contributed by atoms with Crippen molar-refractivity contribution < 1.29 is 14.1 Å². The Bertz CT molecular complexity index is 619. The SMILES string of the molecule is CC(C)CC(NC(=O)c1ccc([N+](=O)[O-])o1)c1cccs1. The van der Waals surface area contributed by atoms with Crippen LogP contribution in [0.3, 0.4) is 0 Å². The molecule has 0 fully saturated rings. The monoisotopic (exact) mass is 308 g/mol. The summed E-state index contributed by atoms with van der Waals surface area (Å²) in [5.41, 5.74) is 0. The molecule has 0 aliphatic carbocycles. The first-order valence-corrected chi connectivity index (χ1v) is 7.44. The highest BCUT2D eigenvalue weighted by molar-refractivity contribution is 7.10. The fourth-order valence-electron chi connectivity index (χ4n) is 1.98. The van der Waals surface area contributed by atoms with Gasteiger partial charge in [-0.2, -0.15) is 0 Å². The summed E-state index contributed by atoms with van der Waals surface area (Å²) in [7, 11) is 0. The highest BCUT2D eigenvalue weighted by atomic mass is 32.1. The number of hydrogen-bond donors (Lipinski definition) is 1. The molecule has 6 nitrogen and oxygen atoms in total. The molecule has 0 bridgehead atoms. The van der Waals surface area contributed by atoms with Gasteiger partial charge in [-0.25, -0.2) is 0 Å². The number of amides is 1. The lowest BCUT2D eigenvalue weighted by Crippen LogP contribution is -2.28.